The van der Waals surface area contributed by atoms with E-state index in [1.807, 2.05) is 19.9 Å². The van der Waals surface area contributed by atoms with Gasteiger partial charge < -0.3 is 5.32 Å². The summed E-state index contributed by atoms with van der Waals surface area (Å²) in [4.78, 5) is 11.4. The zero-order valence-corrected chi connectivity index (χ0v) is 11.8. The first-order valence-corrected chi connectivity index (χ1v) is 6.26. The topological polar surface area (TPSA) is 46.9 Å². The van der Waals surface area contributed by atoms with Gasteiger partial charge in [0.25, 0.3) is 0 Å². The largest absolute Gasteiger partial charge is 0.354 e. The van der Waals surface area contributed by atoms with Crippen LogP contribution >= 0.6 is 31.9 Å². The second kappa shape index (κ2) is 5.65. The van der Waals surface area contributed by atoms with Crippen LogP contribution in [0.2, 0.25) is 0 Å². The van der Waals surface area contributed by atoms with Crippen molar-refractivity contribution in [2.75, 3.05) is 0 Å². The lowest BCUT2D eigenvalue weighted by Gasteiger charge is -2.08. The number of amides is 1. The maximum Gasteiger partial charge on any atom is 0.222 e. The molecule has 1 heterocycles. The number of aryl methyl sites for hydroxylation is 1. The standard InChI is InChI=1S/C9H13Br2N3O/c1-6(2)12-9(15)3-4-14-8(11)5-7(10)13-14/h5-6H,3-4H2,1-2H3,(H,12,15). The van der Waals surface area contributed by atoms with Crippen molar-refractivity contribution in [3.8, 4) is 0 Å². The van der Waals surface area contributed by atoms with Crippen LogP contribution in [0, 0.1) is 0 Å². The zero-order valence-electron chi connectivity index (χ0n) is 8.63. The summed E-state index contributed by atoms with van der Waals surface area (Å²) >= 11 is 6.62. The van der Waals surface area contributed by atoms with Crippen molar-refractivity contribution in [2.45, 2.75) is 32.9 Å². The molecular formula is C9H13Br2N3O. The third-order valence-corrected chi connectivity index (χ3v) is 2.73. The molecule has 0 saturated heterocycles. The Hall–Kier alpha value is -0.360. The Kier molecular flexibility index (Phi) is 4.79. The second-order valence-corrected chi connectivity index (χ2v) is 5.11. The van der Waals surface area contributed by atoms with E-state index >= 15 is 0 Å². The van der Waals surface area contributed by atoms with E-state index in [-0.39, 0.29) is 11.9 Å². The SMILES string of the molecule is CC(C)NC(=O)CCn1nc(Br)cc1Br. The number of halogens is 2. The Bertz CT molecular complexity index is 349. The van der Waals surface area contributed by atoms with Gasteiger partial charge in [-0.05, 0) is 45.7 Å². The molecule has 1 N–H and O–H groups in total. The lowest BCUT2D eigenvalue weighted by atomic mass is 10.3. The Morgan fingerprint density at radius 1 is 1.60 bits per heavy atom. The van der Waals surface area contributed by atoms with E-state index in [1.165, 1.54) is 0 Å². The number of hydrogen-bond acceptors (Lipinski definition) is 2. The smallest absolute Gasteiger partial charge is 0.222 e. The fourth-order valence-electron chi connectivity index (χ4n) is 1.12. The molecule has 0 radical (unpaired) electrons. The molecule has 15 heavy (non-hydrogen) atoms. The Morgan fingerprint density at radius 2 is 2.27 bits per heavy atom. The highest BCUT2D eigenvalue weighted by molar-refractivity contribution is 9.11. The van der Waals surface area contributed by atoms with Crippen LogP contribution in [-0.4, -0.2) is 21.7 Å². The van der Waals surface area contributed by atoms with Crippen molar-refractivity contribution < 1.29 is 4.79 Å². The van der Waals surface area contributed by atoms with Gasteiger partial charge in [-0.25, -0.2) is 0 Å². The molecule has 0 spiro atoms. The highest BCUT2D eigenvalue weighted by Gasteiger charge is 2.07. The van der Waals surface area contributed by atoms with Gasteiger partial charge in [-0.3, -0.25) is 9.48 Å². The predicted molar refractivity (Wildman–Crippen MR) is 65.5 cm³/mol. The molecule has 0 unspecified atom stereocenters. The van der Waals surface area contributed by atoms with Gasteiger partial charge >= 0.3 is 0 Å². The summed E-state index contributed by atoms with van der Waals surface area (Å²) in [5.41, 5.74) is 0. The molecule has 6 heteroatoms. The van der Waals surface area contributed by atoms with Crippen LogP contribution in [0.4, 0.5) is 0 Å². The van der Waals surface area contributed by atoms with E-state index < -0.39 is 0 Å². The lowest BCUT2D eigenvalue weighted by molar-refractivity contribution is -0.121. The van der Waals surface area contributed by atoms with Crippen LogP contribution in [-0.2, 0) is 11.3 Å². The number of rotatable bonds is 4. The minimum Gasteiger partial charge on any atom is -0.354 e. The highest BCUT2D eigenvalue weighted by atomic mass is 79.9. The molecule has 0 saturated carbocycles. The third-order valence-electron chi connectivity index (χ3n) is 1.70. The van der Waals surface area contributed by atoms with Gasteiger partial charge in [-0.2, -0.15) is 5.10 Å². The first-order valence-electron chi connectivity index (χ1n) is 4.67. The van der Waals surface area contributed by atoms with Gasteiger partial charge in [0.2, 0.25) is 5.91 Å². The summed E-state index contributed by atoms with van der Waals surface area (Å²) in [6, 6.07) is 2.03. The van der Waals surface area contributed by atoms with Crippen LogP contribution in [0.5, 0.6) is 0 Å². The first-order chi connectivity index (χ1) is 6.99. The Morgan fingerprint density at radius 3 is 2.73 bits per heavy atom. The van der Waals surface area contributed by atoms with Gasteiger partial charge in [0.05, 0.1) is 6.54 Å². The molecule has 0 aromatic carbocycles. The van der Waals surface area contributed by atoms with Gasteiger partial charge in [-0.1, -0.05) is 0 Å². The molecule has 0 fully saturated rings. The summed E-state index contributed by atoms with van der Waals surface area (Å²) < 4.78 is 3.37. The minimum absolute atomic E-state index is 0.0449. The number of nitrogens with zero attached hydrogens (tertiary/aromatic N) is 2. The molecule has 1 rings (SSSR count). The van der Waals surface area contributed by atoms with Crippen molar-refractivity contribution in [1.82, 2.24) is 15.1 Å². The molecular weight excluding hydrogens is 326 g/mol. The quantitative estimate of drug-likeness (QED) is 0.915. The van der Waals surface area contributed by atoms with Crippen molar-refractivity contribution >= 4 is 37.8 Å². The van der Waals surface area contributed by atoms with E-state index in [2.05, 4.69) is 42.3 Å². The number of carbonyl (C=O) groups is 1. The monoisotopic (exact) mass is 337 g/mol. The summed E-state index contributed by atoms with van der Waals surface area (Å²) in [5.74, 6) is 0.0449. The van der Waals surface area contributed by atoms with E-state index in [1.54, 1.807) is 4.68 Å². The maximum absolute atomic E-state index is 11.4. The van der Waals surface area contributed by atoms with Crippen LogP contribution < -0.4 is 5.32 Å². The molecule has 0 bridgehead atoms. The lowest BCUT2D eigenvalue weighted by Crippen LogP contribution is -2.30. The van der Waals surface area contributed by atoms with Crippen molar-refractivity contribution in [3.63, 3.8) is 0 Å². The molecule has 0 aliphatic rings. The second-order valence-electron chi connectivity index (χ2n) is 3.49. The summed E-state index contributed by atoms with van der Waals surface area (Å²) in [5, 5.41) is 7.00. The van der Waals surface area contributed by atoms with E-state index in [4.69, 9.17) is 0 Å². The highest BCUT2D eigenvalue weighted by Crippen LogP contribution is 2.16. The van der Waals surface area contributed by atoms with Crippen LogP contribution in [0.25, 0.3) is 0 Å². The third kappa shape index (κ3) is 4.34. The predicted octanol–water partition coefficient (Wildman–Crippen LogP) is 2.32. The van der Waals surface area contributed by atoms with E-state index in [0.29, 0.717) is 13.0 Å². The van der Waals surface area contributed by atoms with Gasteiger partial charge in [0.1, 0.15) is 9.21 Å². The van der Waals surface area contributed by atoms with Crippen LogP contribution in [0.15, 0.2) is 15.3 Å². The van der Waals surface area contributed by atoms with Gasteiger partial charge in [-0.15, -0.1) is 0 Å². The average Bonchev–Trinajstić information content (AvgIpc) is 2.40. The van der Waals surface area contributed by atoms with Crippen molar-refractivity contribution in [3.05, 3.63) is 15.3 Å². The van der Waals surface area contributed by atoms with Gasteiger partial charge in [0.15, 0.2) is 0 Å². The average molecular weight is 339 g/mol. The molecule has 0 aliphatic carbocycles. The summed E-state index contributed by atoms with van der Waals surface area (Å²) in [6.45, 7) is 4.46. The van der Waals surface area contributed by atoms with Crippen molar-refractivity contribution in [1.29, 1.82) is 0 Å². The fraction of sp³-hybridized carbons (Fsp3) is 0.556. The number of aromatic nitrogens is 2. The summed E-state index contributed by atoms with van der Waals surface area (Å²) in [7, 11) is 0. The van der Waals surface area contributed by atoms with Crippen LogP contribution in [0.1, 0.15) is 20.3 Å². The molecule has 1 aromatic heterocycles. The normalized spacial score (nSPS) is 10.7. The first kappa shape index (κ1) is 12.7. The molecule has 1 aromatic rings. The Balaban J connectivity index is 2.43. The molecule has 4 nitrogen and oxygen atoms in total. The fourth-order valence-corrected chi connectivity index (χ4v) is 2.31. The number of hydrogen-bond donors (Lipinski definition) is 1. The number of nitrogens with one attached hydrogen (secondary N) is 1. The van der Waals surface area contributed by atoms with Crippen LogP contribution in [0.3, 0.4) is 0 Å². The Labute approximate surface area is 106 Å². The van der Waals surface area contributed by atoms with E-state index in [0.717, 1.165) is 9.21 Å². The maximum atomic E-state index is 11.4. The van der Waals surface area contributed by atoms with Crippen molar-refractivity contribution in [2.24, 2.45) is 0 Å². The van der Waals surface area contributed by atoms with Gasteiger partial charge in [0, 0.05) is 18.5 Å². The number of carbonyl (C=O) groups excluding carboxylic acids is 1. The zero-order chi connectivity index (χ0) is 11.4. The van der Waals surface area contributed by atoms with E-state index in [9.17, 15) is 4.79 Å². The molecule has 1 amide bonds. The summed E-state index contributed by atoms with van der Waals surface area (Å²) in [6.07, 6.45) is 0.435. The molecule has 84 valence electrons. The molecule has 0 atom stereocenters. The minimum atomic E-state index is 0.0449. The molecule has 0 aliphatic heterocycles.